The van der Waals surface area contributed by atoms with Crippen molar-refractivity contribution in [2.24, 2.45) is 0 Å². The van der Waals surface area contributed by atoms with Crippen molar-refractivity contribution in [3.8, 4) is 0 Å². The molecule has 1 unspecified atom stereocenters. The first kappa shape index (κ1) is 24.9. The summed E-state index contributed by atoms with van der Waals surface area (Å²) < 4.78 is 0. The lowest BCUT2D eigenvalue weighted by molar-refractivity contribution is 0.0726. The Labute approximate surface area is 212 Å². The van der Waals surface area contributed by atoms with E-state index in [0.717, 1.165) is 29.8 Å². The lowest BCUT2D eigenvalue weighted by Gasteiger charge is -2.24. The van der Waals surface area contributed by atoms with Gasteiger partial charge in [-0.2, -0.15) is 4.98 Å². The van der Waals surface area contributed by atoms with Gasteiger partial charge in [0.1, 0.15) is 11.5 Å². The van der Waals surface area contributed by atoms with Gasteiger partial charge in [-0.05, 0) is 51.2 Å². The SMILES string of the molecule is CC(C)N1Cc2c(NC(c3ccccc3)c3ccc(Cl)cc3)nc(N(C)CCN(C)C)nc2C1=O. The minimum Gasteiger partial charge on any atom is -0.359 e. The number of halogens is 1. The van der Waals surface area contributed by atoms with E-state index in [1.807, 2.05) is 87.3 Å². The summed E-state index contributed by atoms with van der Waals surface area (Å²) in [4.78, 5) is 28.9. The van der Waals surface area contributed by atoms with Gasteiger partial charge in [0.15, 0.2) is 0 Å². The number of carbonyl (C=O) groups is 1. The van der Waals surface area contributed by atoms with E-state index in [2.05, 4.69) is 22.3 Å². The lowest BCUT2D eigenvalue weighted by atomic mass is 9.98. The summed E-state index contributed by atoms with van der Waals surface area (Å²) in [5, 5.41) is 4.35. The molecule has 1 aromatic heterocycles. The van der Waals surface area contributed by atoms with E-state index in [1.165, 1.54) is 0 Å². The third-order valence-corrected chi connectivity index (χ3v) is 6.50. The number of nitrogens with one attached hydrogen (secondary N) is 1. The summed E-state index contributed by atoms with van der Waals surface area (Å²) in [7, 11) is 6.03. The van der Waals surface area contributed by atoms with Gasteiger partial charge in [-0.3, -0.25) is 4.79 Å². The van der Waals surface area contributed by atoms with Gasteiger partial charge < -0.3 is 20.0 Å². The van der Waals surface area contributed by atoms with Crippen molar-refractivity contribution >= 4 is 29.3 Å². The first-order valence-corrected chi connectivity index (χ1v) is 12.3. The third kappa shape index (κ3) is 5.57. The number of rotatable bonds is 9. The predicted molar refractivity (Wildman–Crippen MR) is 142 cm³/mol. The van der Waals surface area contributed by atoms with Crippen LogP contribution in [0.3, 0.4) is 0 Å². The molecule has 8 heteroatoms. The number of nitrogens with zero attached hydrogens (tertiary/aromatic N) is 5. The second-order valence-electron chi connectivity index (χ2n) is 9.49. The Morgan fingerprint density at radius 3 is 2.26 bits per heavy atom. The van der Waals surface area contributed by atoms with Crippen LogP contribution in [0.5, 0.6) is 0 Å². The molecule has 0 saturated carbocycles. The first-order valence-electron chi connectivity index (χ1n) is 11.9. The first-order chi connectivity index (χ1) is 16.7. The van der Waals surface area contributed by atoms with E-state index in [1.54, 1.807) is 0 Å². The summed E-state index contributed by atoms with van der Waals surface area (Å²) in [5.74, 6) is 1.17. The maximum Gasteiger partial charge on any atom is 0.273 e. The maximum absolute atomic E-state index is 13.3. The van der Waals surface area contributed by atoms with Crippen molar-refractivity contribution in [3.63, 3.8) is 0 Å². The fraction of sp³-hybridized carbons (Fsp3) is 0.370. The molecule has 4 rings (SSSR count). The Balaban J connectivity index is 1.78. The van der Waals surface area contributed by atoms with Crippen molar-refractivity contribution in [2.75, 3.05) is 44.4 Å². The smallest absolute Gasteiger partial charge is 0.273 e. The Bertz CT molecular complexity index is 1170. The largest absolute Gasteiger partial charge is 0.359 e. The van der Waals surface area contributed by atoms with E-state index in [4.69, 9.17) is 21.6 Å². The molecular weight excluding hydrogens is 460 g/mol. The summed E-state index contributed by atoms with van der Waals surface area (Å²) in [6.07, 6.45) is 0. The maximum atomic E-state index is 13.3. The number of fused-ring (bicyclic) bond motifs is 1. The number of anilines is 2. The van der Waals surface area contributed by atoms with Gasteiger partial charge >= 0.3 is 0 Å². The molecule has 184 valence electrons. The van der Waals surface area contributed by atoms with Gasteiger partial charge in [0.25, 0.3) is 5.91 Å². The van der Waals surface area contributed by atoms with Gasteiger partial charge in [0.05, 0.1) is 12.6 Å². The quantitative estimate of drug-likeness (QED) is 0.467. The minimum atomic E-state index is -0.171. The minimum absolute atomic E-state index is 0.0505. The van der Waals surface area contributed by atoms with Crippen LogP contribution in [0.4, 0.5) is 11.8 Å². The highest BCUT2D eigenvalue weighted by molar-refractivity contribution is 6.30. The molecule has 3 aromatic rings. The molecule has 0 aliphatic carbocycles. The van der Waals surface area contributed by atoms with Crippen molar-refractivity contribution in [1.82, 2.24) is 19.8 Å². The van der Waals surface area contributed by atoms with Crippen LogP contribution in [-0.2, 0) is 6.54 Å². The summed E-state index contributed by atoms with van der Waals surface area (Å²) in [6.45, 7) is 6.12. The van der Waals surface area contributed by atoms with E-state index in [0.29, 0.717) is 29.0 Å². The van der Waals surface area contributed by atoms with Crippen LogP contribution >= 0.6 is 11.6 Å². The average molecular weight is 493 g/mol. The van der Waals surface area contributed by atoms with Crippen molar-refractivity contribution in [1.29, 1.82) is 0 Å². The highest BCUT2D eigenvalue weighted by Gasteiger charge is 2.35. The Morgan fingerprint density at radius 2 is 1.63 bits per heavy atom. The second kappa shape index (κ2) is 10.6. The fourth-order valence-corrected chi connectivity index (χ4v) is 4.26. The zero-order valence-corrected chi connectivity index (χ0v) is 21.8. The molecule has 2 heterocycles. The monoisotopic (exact) mass is 492 g/mol. The molecule has 2 aromatic carbocycles. The molecular formula is C27H33ClN6O. The standard InChI is InChI=1S/C27H33ClN6O/c1-18(2)34-17-22-24(26(34)35)30-27(33(5)16-15-32(3)4)31-25(22)29-23(19-9-7-6-8-10-19)20-11-13-21(28)14-12-20/h6-14,18,23H,15-17H2,1-5H3,(H,29,30,31). The number of hydrogen-bond acceptors (Lipinski definition) is 6. The van der Waals surface area contributed by atoms with Gasteiger partial charge in [0.2, 0.25) is 5.95 Å². The molecule has 1 N–H and O–H groups in total. The van der Waals surface area contributed by atoms with Gasteiger partial charge in [-0.1, -0.05) is 54.1 Å². The molecule has 1 atom stereocenters. The van der Waals surface area contributed by atoms with Crippen LogP contribution in [-0.4, -0.2) is 65.9 Å². The molecule has 7 nitrogen and oxygen atoms in total. The molecule has 0 radical (unpaired) electrons. The van der Waals surface area contributed by atoms with Crippen LogP contribution in [0.2, 0.25) is 5.02 Å². The van der Waals surface area contributed by atoms with Gasteiger partial charge in [-0.25, -0.2) is 4.98 Å². The number of carbonyl (C=O) groups excluding carboxylic acids is 1. The molecule has 1 amide bonds. The van der Waals surface area contributed by atoms with Crippen molar-refractivity contribution in [2.45, 2.75) is 32.5 Å². The Kier molecular flexibility index (Phi) is 7.57. The van der Waals surface area contributed by atoms with Crippen LogP contribution in [0.25, 0.3) is 0 Å². The predicted octanol–water partition coefficient (Wildman–Crippen LogP) is 4.69. The summed E-state index contributed by atoms with van der Waals surface area (Å²) in [6, 6.07) is 17.9. The van der Waals surface area contributed by atoms with E-state index < -0.39 is 0 Å². The molecule has 0 spiro atoms. The third-order valence-electron chi connectivity index (χ3n) is 6.25. The summed E-state index contributed by atoms with van der Waals surface area (Å²) in [5.41, 5.74) is 3.46. The molecule has 1 aliphatic heterocycles. The van der Waals surface area contributed by atoms with Crippen molar-refractivity contribution in [3.05, 3.63) is 82.0 Å². The van der Waals surface area contributed by atoms with Crippen molar-refractivity contribution < 1.29 is 4.79 Å². The lowest BCUT2D eigenvalue weighted by Crippen LogP contribution is -2.31. The summed E-state index contributed by atoms with van der Waals surface area (Å²) >= 11 is 6.18. The Morgan fingerprint density at radius 1 is 0.971 bits per heavy atom. The number of hydrogen-bond donors (Lipinski definition) is 1. The number of aromatic nitrogens is 2. The van der Waals surface area contributed by atoms with Crippen LogP contribution < -0.4 is 10.2 Å². The number of amides is 1. The van der Waals surface area contributed by atoms with Crippen LogP contribution in [0.15, 0.2) is 54.6 Å². The van der Waals surface area contributed by atoms with E-state index in [9.17, 15) is 4.79 Å². The van der Waals surface area contributed by atoms with Gasteiger partial charge in [-0.15, -0.1) is 0 Å². The molecule has 0 fully saturated rings. The highest BCUT2D eigenvalue weighted by Crippen LogP contribution is 2.34. The molecule has 35 heavy (non-hydrogen) atoms. The zero-order valence-electron chi connectivity index (χ0n) is 21.0. The zero-order chi connectivity index (χ0) is 25.1. The van der Waals surface area contributed by atoms with Crippen LogP contribution in [0.1, 0.15) is 47.1 Å². The van der Waals surface area contributed by atoms with E-state index >= 15 is 0 Å². The van der Waals surface area contributed by atoms with E-state index in [-0.39, 0.29) is 18.0 Å². The normalized spacial score (nSPS) is 13.9. The van der Waals surface area contributed by atoms with Gasteiger partial charge in [0, 0.05) is 36.8 Å². The topological polar surface area (TPSA) is 64.6 Å². The molecule has 1 aliphatic rings. The Hall–Kier alpha value is -3.16. The highest BCUT2D eigenvalue weighted by atomic mass is 35.5. The second-order valence-corrected chi connectivity index (χ2v) is 9.93. The average Bonchev–Trinajstić information content (AvgIpc) is 3.19. The molecule has 0 bridgehead atoms. The fourth-order valence-electron chi connectivity index (χ4n) is 4.13. The van der Waals surface area contributed by atoms with Crippen LogP contribution in [0, 0.1) is 0 Å². The number of likely N-dealkylation sites (N-methyl/N-ethyl adjacent to an activating group) is 2. The molecule has 0 saturated heterocycles. The number of benzene rings is 2.